The van der Waals surface area contributed by atoms with Gasteiger partial charge < -0.3 is 0 Å². The van der Waals surface area contributed by atoms with E-state index in [2.05, 4.69) is 19.9 Å². The third-order valence-corrected chi connectivity index (χ3v) is 3.15. The minimum atomic E-state index is 0.423. The lowest BCUT2D eigenvalue weighted by Crippen LogP contribution is -1.88. The molecular weight excluding hydrogens is 214 g/mol. The summed E-state index contributed by atoms with van der Waals surface area (Å²) in [6, 6.07) is 7.92. The van der Waals surface area contributed by atoms with Gasteiger partial charge in [-0.25, -0.2) is 0 Å². The van der Waals surface area contributed by atoms with Crippen molar-refractivity contribution in [2.24, 2.45) is 0 Å². The minimum absolute atomic E-state index is 0.423. The summed E-state index contributed by atoms with van der Waals surface area (Å²) in [5.74, 6) is 0. The molecule has 0 heterocycles. The number of nitriles is 1. The Kier molecular flexibility index (Phi) is 4.31. The van der Waals surface area contributed by atoms with Crippen LogP contribution >= 0.6 is 23.4 Å². The molecule has 1 nitrogen and oxygen atoms in total. The number of halogens is 1. The number of thioether (sulfide) groups is 1. The zero-order chi connectivity index (χ0) is 10.6. The van der Waals surface area contributed by atoms with Gasteiger partial charge in [0.05, 0.1) is 17.5 Å². The first-order chi connectivity index (χ1) is 6.63. The first-order valence-electron chi connectivity index (χ1n) is 4.45. The van der Waals surface area contributed by atoms with Crippen LogP contribution in [-0.4, -0.2) is 5.25 Å². The van der Waals surface area contributed by atoms with Crippen molar-refractivity contribution in [2.75, 3.05) is 0 Å². The van der Waals surface area contributed by atoms with Gasteiger partial charge in [0.1, 0.15) is 0 Å². The van der Waals surface area contributed by atoms with Gasteiger partial charge in [-0.1, -0.05) is 31.5 Å². The second-order valence-corrected chi connectivity index (χ2v) is 5.29. The van der Waals surface area contributed by atoms with Gasteiger partial charge in [-0.3, -0.25) is 0 Å². The van der Waals surface area contributed by atoms with Crippen LogP contribution in [0.5, 0.6) is 0 Å². The SMILES string of the molecule is CC(C)Sc1ccc(CC#N)cc1Cl. The fourth-order valence-corrected chi connectivity index (χ4v) is 2.26. The Morgan fingerprint density at radius 2 is 2.21 bits per heavy atom. The standard InChI is InChI=1S/C11H12ClNS/c1-8(2)14-11-4-3-9(5-6-13)7-10(11)12/h3-4,7-8H,5H2,1-2H3. The largest absolute Gasteiger partial charge is 0.198 e. The molecule has 0 amide bonds. The van der Waals surface area contributed by atoms with Crippen molar-refractivity contribution in [3.05, 3.63) is 28.8 Å². The van der Waals surface area contributed by atoms with Crippen molar-refractivity contribution < 1.29 is 0 Å². The summed E-state index contributed by atoms with van der Waals surface area (Å²) in [6.45, 7) is 4.26. The Morgan fingerprint density at radius 1 is 1.50 bits per heavy atom. The molecular formula is C11H12ClNS. The van der Waals surface area contributed by atoms with Crippen molar-refractivity contribution in [1.29, 1.82) is 5.26 Å². The first kappa shape index (κ1) is 11.4. The van der Waals surface area contributed by atoms with E-state index in [1.165, 1.54) is 0 Å². The Balaban J connectivity index is 2.85. The first-order valence-corrected chi connectivity index (χ1v) is 5.71. The van der Waals surface area contributed by atoms with Gasteiger partial charge in [0.15, 0.2) is 0 Å². The van der Waals surface area contributed by atoms with E-state index in [0.29, 0.717) is 11.7 Å². The zero-order valence-corrected chi connectivity index (χ0v) is 9.82. The minimum Gasteiger partial charge on any atom is -0.198 e. The van der Waals surface area contributed by atoms with Gasteiger partial charge in [0.25, 0.3) is 0 Å². The van der Waals surface area contributed by atoms with Crippen molar-refractivity contribution in [3.8, 4) is 6.07 Å². The lowest BCUT2D eigenvalue weighted by Gasteiger charge is -2.07. The molecule has 0 unspecified atom stereocenters. The van der Waals surface area contributed by atoms with Crippen LogP contribution in [0.4, 0.5) is 0 Å². The third kappa shape index (κ3) is 3.25. The highest BCUT2D eigenvalue weighted by Crippen LogP contribution is 2.30. The molecule has 0 saturated heterocycles. The molecule has 14 heavy (non-hydrogen) atoms. The number of benzene rings is 1. The van der Waals surface area contributed by atoms with Crippen molar-refractivity contribution >= 4 is 23.4 Å². The quantitative estimate of drug-likeness (QED) is 0.729. The van der Waals surface area contributed by atoms with E-state index in [1.807, 2.05) is 18.2 Å². The molecule has 74 valence electrons. The molecule has 0 aromatic heterocycles. The monoisotopic (exact) mass is 225 g/mol. The molecule has 0 atom stereocenters. The molecule has 0 aliphatic rings. The molecule has 0 bridgehead atoms. The lowest BCUT2D eigenvalue weighted by molar-refractivity contribution is 1.11. The summed E-state index contributed by atoms with van der Waals surface area (Å²) >= 11 is 7.82. The van der Waals surface area contributed by atoms with Crippen molar-refractivity contribution in [1.82, 2.24) is 0 Å². The van der Waals surface area contributed by atoms with Crippen LogP contribution in [0, 0.1) is 11.3 Å². The third-order valence-electron chi connectivity index (χ3n) is 1.64. The summed E-state index contributed by atoms with van der Waals surface area (Å²) in [5, 5.41) is 9.80. The highest BCUT2D eigenvalue weighted by molar-refractivity contribution is 8.00. The van der Waals surface area contributed by atoms with Crippen LogP contribution < -0.4 is 0 Å². The fraction of sp³-hybridized carbons (Fsp3) is 0.364. The van der Waals surface area contributed by atoms with Gasteiger partial charge in [0.2, 0.25) is 0 Å². The summed E-state index contributed by atoms with van der Waals surface area (Å²) in [5.41, 5.74) is 0.977. The van der Waals surface area contributed by atoms with Gasteiger partial charge >= 0.3 is 0 Å². The number of rotatable bonds is 3. The smallest absolute Gasteiger partial charge is 0.0669 e. The van der Waals surface area contributed by atoms with Gasteiger partial charge in [-0.15, -0.1) is 11.8 Å². The van der Waals surface area contributed by atoms with Gasteiger partial charge in [-0.2, -0.15) is 5.26 Å². The summed E-state index contributed by atoms with van der Waals surface area (Å²) in [6.07, 6.45) is 0.423. The van der Waals surface area contributed by atoms with Crippen LogP contribution in [-0.2, 0) is 6.42 Å². The average molecular weight is 226 g/mol. The molecule has 0 aliphatic carbocycles. The van der Waals surface area contributed by atoms with Crippen LogP contribution in [0.3, 0.4) is 0 Å². The van der Waals surface area contributed by atoms with E-state index in [0.717, 1.165) is 15.5 Å². The Morgan fingerprint density at radius 3 is 2.71 bits per heavy atom. The summed E-state index contributed by atoms with van der Waals surface area (Å²) in [4.78, 5) is 1.09. The number of nitrogens with zero attached hydrogens (tertiary/aromatic N) is 1. The maximum absolute atomic E-state index is 8.53. The predicted molar refractivity (Wildman–Crippen MR) is 61.8 cm³/mol. The van der Waals surface area contributed by atoms with Crippen LogP contribution in [0.15, 0.2) is 23.1 Å². The van der Waals surface area contributed by atoms with Gasteiger partial charge in [0, 0.05) is 10.1 Å². The van der Waals surface area contributed by atoms with Gasteiger partial charge in [-0.05, 0) is 17.7 Å². The second kappa shape index (κ2) is 5.29. The fourth-order valence-electron chi connectivity index (χ4n) is 1.10. The molecule has 0 fully saturated rings. The Hall–Kier alpha value is -0.650. The maximum Gasteiger partial charge on any atom is 0.0669 e. The highest BCUT2D eigenvalue weighted by Gasteiger charge is 2.04. The van der Waals surface area contributed by atoms with Crippen molar-refractivity contribution in [3.63, 3.8) is 0 Å². The Labute approximate surface area is 94.1 Å². The molecule has 1 aromatic rings. The van der Waals surface area contributed by atoms with E-state index in [4.69, 9.17) is 16.9 Å². The van der Waals surface area contributed by atoms with E-state index in [9.17, 15) is 0 Å². The Bertz CT molecular complexity index is 355. The molecule has 0 spiro atoms. The average Bonchev–Trinajstić information content (AvgIpc) is 2.10. The highest BCUT2D eigenvalue weighted by atomic mass is 35.5. The predicted octanol–water partition coefficient (Wildman–Crippen LogP) is 3.91. The molecule has 3 heteroatoms. The van der Waals surface area contributed by atoms with E-state index in [-0.39, 0.29) is 0 Å². The molecule has 1 aromatic carbocycles. The molecule has 0 radical (unpaired) electrons. The second-order valence-electron chi connectivity index (χ2n) is 3.27. The number of hydrogen-bond acceptors (Lipinski definition) is 2. The van der Waals surface area contributed by atoms with Crippen LogP contribution in [0.25, 0.3) is 0 Å². The van der Waals surface area contributed by atoms with E-state index >= 15 is 0 Å². The topological polar surface area (TPSA) is 23.8 Å². The molecule has 1 rings (SSSR count). The van der Waals surface area contributed by atoms with E-state index < -0.39 is 0 Å². The van der Waals surface area contributed by atoms with E-state index in [1.54, 1.807) is 11.8 Å². The molecule has 0 aliphatic heterocycles. The maximum atomic E-state index is 8.53. The normalized spacial score (nSPS) is 10.2. The summed E-state index contributed by atoms with van der Waals surface area (Å²) < 4.78 is 0. The molecule has 0 N–H and O–H groups in total. The van der Waals surface area contributed by atoms with Crippen LogP contribution in [0.1, 0.15) is 19.4 Å². The zero-order valence-electron chi connectivity index (χ0n) is 8.25. The van der Waals surface area contributed by atoms with Crippen LogP contribution in [0.2, 0.25) is 5.02 Å². The van der Waals surface area contributed by atoms with Crippen molar-refractivity contribution in [2.45, 2.75) is 30.4 Å². The molecule has 0 saturated carbocycles. The number of hydrogen-bond donors (Lipinski definition) is 0. The summed E-state index contributed by atoms with van der Waals surface area (Å²) in [7, 11) is 0. The lowest BCUT2D eigenvalue weighted by atomic mass is 10.2.